The fourth-order valence-corrected chi connectivity index (χ4v) is 21.7. The first kappa shape index (κ1) is 63.5. The van der Waals surface area contributed by atoms with Gasteiger partial charge in [-0.2, -0.15) is 0 Å². The lowest BCUT2D eigenvalue weighted by molar-refractivity contribution is 0.610. The summed E-state index contributed by atoms with van der Waals surface area (Å²) < 4.78 is 7.63. The van der Waals surface area contributed by atoms with Crippen LogP contribution in [-0.4, -0.2) is 0 Å². The molecule has 0 spiro atoms. The smallest absolute Gasteiger partial charge is 0.0540 e. The van der Waals surface area contributed by atoms with E-state index in [1.165, 1.54) is 206 Å². The van der Waals surface area contributed by atoms with E-state index in [2.05, 4.69) is 376 Å². The van der Waals surface area contributed by atoms with Crippen LogP contribution in [0, 0.1) is 13.8 Å². The molecule has 3 aliphatic rings. The lowest BCUT2D eigenvalue weighted by atomic mass is 9.68. The van der Waals surface area contributed by atoms with Crippen LogP contribution in [0.25, 0.3) is 116 Å². The molecule has 104 heavy (non-hydrogen) atoms. The van der Waals surface area contributed by atoms with Crippen LogP contribution in [0.2, 0.25) is 0 Å². The largest absolute Gasteiger partial charge is 0.309 e. The molecule has 0 unspecified atom stereocenters. The maximum atomic E-state index is 3.65. The van der Waals surface area contributed by atoms with Gasteiger partial charge in [-0.05, 0) is 220 Å². The van der Waals surface area contributed by atoms with Crippen LogP contribution in [0.3, 0.4) is 0 Å². The molecule has 0 saturated carbocycles. The molecule has 0 saturated heterocycles. The van der Waals surface area contributed by atoms with Crippen molar-refractivity contribution in [3.63, 3.8) is 0 Å². The predicted molar refractivity (Wildman–Crippen MR) is 458 cm³/mol. The van der Waals surface area contributed by atoms with E-state index in [0.29, 0.717) is 0 Å². The van der Waals surface area contributed by atoms with Gasteiger partial charge in [-0.25, -0.2) is 0 Å². The van der Waals surface area contributed by atoms with Gasteiger partial charge >= 0.3 is 0 Å². The molecular weight excluding hydrogens is 1430 g/mol. The molecule has 0 fully saturated rings. The van der Waals surface area contributed by atoms with Crippen molar-refractivity contribution in [2.45, 2.75) is 78.1 Å². The molecule has 4 heterocycles. The number of thiophene rings is 2. The summed E-state index contributed by atoms with van der Waals surface area (Å²) >= 11 is 11.1. The minimum atomic E-state index is -0.185. The Balaban J connectivity index is 0.000000139. The highest BCUT2D eigenvalue weighted by molar-refractivity contribution is 9.11. The standard InChI is InChI=1S/C58H40N2S2.C24H24.C16H8Br2/c1-57(2)41-15-7-9-17-47(41)59(49-31-53-39(29-43(49)57)35-13-5-11-19-51(35)61-53)45-27-23-33-22-26-38-46(28-24-34-21-25-37(45)55(33)56(34)38)60-48-18-10-8-16-42(48)58(3,4)44-30-40-36-14-6-12-20-52(36)62-54(40)32-50(44)60;1-16-9-5-7-11-20(16)21-15-23-19(13-17(21)2)14-18-10-6-8-12-22(18)24(23,3)4;17-13-8-4-10-2-6-12-14(18)7-3-9-1-5-11(13)16(10)15(9)12/h5-32H,1-4H3;5-13,15H,14H2,1-4H3;1-8H. The number of aryl methyl sites for hydroxylation is 2. The third-order valence-electron chi connectivity index (χ3n) is 23.7. The third kappa shape index (κ3) is 9.40. The Morgan fingerprint density at radius 3 is 1.18 bits per heavy atom. The van der Waals surface area contributed by atoms with Gasteiger partial charge in [0.2, 0.25) is 0 Å². The number of benzene rings is 17. The fraction of sp³-hybridized carbons (Fsp3) is 0.122. The SMILES string of the molecule is Brc1ccc2ccc3c(Br)ccc4ccc1c2c43.CC1(C)c2ccccc2N(c2ccc3ccc4c(N5c6ccccc6C(C)(C)c6cc7c(cc65)sc5ccccc57)ccc5ccc2c3c54)c2cc3sc4ccccc4c3cc21.Cc1ccccc1-c1cc2c(cc1C)Cc1ccccc1C2(C)C. The third-order valence-corrected chi connectivity index (χ3v) is 27.4. The van der Waals surface area contributed by atoms with Crippen molar-refractivity contribution in [2.24, 2.45) is 0 Å². The second-order valence-electron chi connectivity index (χ2n) is 30.6. The number of hydrogen-bond donors (Lipinski definition) is 0. The molecule has 0 radical (unpaired) electrons. The van der Waals surface area contributed by atoms with Crippen molar-refractivity contribution in [2.75, 3.05) is 9.80 Å². The van der Waals surface area contributed by atoms with Gasteiger partial charge in [0.05, 0.1) is 34.1 Å². The van der Waals surface area contributed by atoms with Crippen LogP contribution >= 0.6 is 54.5 Å². The van der Waals surface area contributed by atoms with E-state index in [1.807, 2.05) is 22.7 Å². The fourth-order valence-electron chi connectivity index (χ4n) is 18.5. The molecule has 0 N–H and O–H groups in total. The minimum absolute atomic E-state index is 0.0509. The van der Waals surface area contributed by atoms with Gasteiger partial charge in [0.15, 0.2) is 0 Å². The van der Waals surface area contributed by atoms with Crippen molar-refractivity contribution >= 4 is 194 Å². The number of para-hydroxylation sites is 2. The average Bonchev–Trinajstić information content (AvgIpc) is 1.15. The second-order valence-corrected chi connectivity index (χ2v) is 34.5. The quantitative estimate of drug-likeness (QED) is 0.163. The molecule has 2 nitrogen and oxygen atoms in total. The highest BCUT2D eigenvalue weighted by Gasteiger charge is 2.41. The number of halogens is 2. The van der Waals surface area contributed by atoms with E-state index in [1.54, 1.807) is 0 Å². The van der Waals surface area contributed by atoms with Gasteiger partial charge in [-0.3, -0.25) is 0 Å². The lowest BCUT2D eigenvalue weighted by Gasteiger charge is -2.43. The molecule has 2 aliphatic heterocycles. The maximum absolute atomic E-state index is 3.65. The zero-order chi connectivity index (χ0) is 70.4. The molecule has 1 aliphatic carbocycles. The summed E-state index contributed by atoms with van der Waals surface area (Å²) in [5, 5.41) is 20.9. The Morgan fingerprint density at radius 2 is 0.673 bits per heavy atom. The van der Waals surface area contributed by atoms with E-state index in [0.717, 1.165) is 15.4 Å². The minimum Gasteiger partial charge on any atom is -0.309 e. The number of nitrogens with zero attached hydrogens (tertiary/aromatic N) is 2. The molecule has 0 atom stereocenters. The summed E-state index contributed by atoms with van der Waals surface area (Å²) in [6, 6.07) is 105. The van der Waals surface area contributed by atoms with E-state index in [9.17, 15) is 0 Å². The van der Waals surface area contributed by atoms with Crippen molar-refractivity contribution in [1.82, 2.24) is 0 Å². The van der Waals surface area contributed by atoms with Crippen LogP contribution in [0.1, 0.15) is 97.2 Å². The molecule has 0 amide bonds. The summed E-state index contributed by atoms with van der Waals surface area (Å²) in [7, 11) is 0. The summed E-state index contributed by atoms with van der Waals surface area (Å²) in [6.45, 7) is 18.8. The Morgan fingerprint density at radius 1 is 0.269 bits per heavy atom. The Bertz CT molecular complexity index is 6490. The highest BCUT2D eigenvalue weighted by Crippen LogP contribution is 2.59. The van der Waals surface area contributed by atoms with Crippen molar-refractivity contribution in [1.29, 1.82) is 0 Å². The number of rotatable bonds is 3. The first-order valence-corrected chi connectivity index (χ1v) is 39.4. The van der Waals surface area contributed by atoms with E-state index < -0.39 is 0 Å². The molecule has 0 bridgehead atoms. The van der Waals surface area contributed by atoms with Gasteiger partial charge in [0.1, 0.15) is 0 Å². The first-order chi connectivity index (χ1) is 50.5. The van der Waals surface area contributed by atoms with E-state index in [4.69, 9.17) is 0 Å². The summed E-state index contributed by atoms with van der Waals surface area (Å²) in [4.78, 5) is 5.14. The van der Waals surface area contributed by atoms with Gasteiger partial charge in [-0.1, -0.05) is 274 Å². The molecule has 17 aromatic carbocycles. The molecule has 19 aromatic rings. The molecule has 22 rings (SSSR count). The van der Waals surface area contributed by atoms with Crippen LogP contribution in [0.4, 0.5) is 34.1 Å². The van der Waals surface area contributed by atoms with E-state index in [-0.39, 0.29) is 16.2 Å². The predicted octanol–water partition coefficient (Wildman–Crippen LogP) is 29.8. The normalized spacial score (nSPS) is 14.6. The van der Waals surface area contributed by atoms with Crippen LogP contribution in [0.5, 0.6) is 0 Å². The molecule has 2 aromatic heterocycles. The molecule has 6 heteroatoms. The number of anilines is 6. The number of fused-ring (bicyclic) bond motifs is 12. The lowest BCUT2D eigenvalue weighted by Crippen LogP contribution is -2.30. The summed E-state index contributed by atoms with van der Waals surface area (Å²) in [6.07, 6.45) is 1.05. The zero-order valence-electron chi connectivity index (χ0n) is 59.2. The van der Waals surface area contributed by atoms with Crippen LogP contribution in [0.15, 0.2) is 288 Å². The van der Waals surface area contributed by atoms with Gasteiger partial charge in [-0.15, -0.1) is 22.7 Å². The van der Waals surface area contributed by atoms with Crippen LogP contribution in [-0.2, 0) is 22.7 Å². The Labute approximate surface area is 631 Å². The van der Waals surface area contributed by atoms with Gasteiger partial charge in [0.25, 0.3) is 0 Å². The second kappa shape index (κ2) is 23.4. The van der Waals surface area contributed by atoms with Crippen molar-refractivity contribution in [3.05, 3.63) is 344 Å². The van der Waals surface area contributed by atoms with Crippen LogP contribution < -0.4 is 9.80 Å². The van der Waals surface area contributed by atoms with Crippen molar-refractivity contribution < 1.29 is 0 Å². The zero-order valence-corrected chi connectivity index (χ0v) is 64.0. The average molecular weight is 1500 g/mol. The first-order valence-electron chi connectivity index (χ1n) is 36.2. The molecular formula is C98H72Br2N2S2. The Hall–Kier alpha value is -10.2. The molecule has 500 valence electrons. The van der Waals surface area contributed by atoms with Crippen molar-refractivity contribution in [3.8, 4) is 11.1 Å². The maximum Gasteiger partial charge on any atom is 0.0540 e. The Kier molecular flexibility index (Phi) is 14.3. The van der Waals surface area contributed by atoms with Gasteiger partial charge in [0, 0.05) is 76.3 Å². The highest BCUT2D eigenvalue weighted by atomic mass is 79.9. The topological polar surface area (TPSA) is 6.48 Å². The van der Waals surface area contributed by atoms with Gasteiger partial charge < -0.3 is 9.80 Å². The number of hydrogen-bond acceptors (Lipinski definition) is 4. The summed E-state index contributed by atoms with van der Waals surface area (Å²) in [5.41, 5.74) is 23.9. The summed E-state index contributed by atoms with van der Waals surface area (Å²) in [5.74, 6) is 0. The van der Waals surface area contributed by atoms with E-state index >= 15 is 0 Å². The monoisotopic (exact) mass is 1500 g/mol.